The van der Waals surface area contributed by atoms with Gasteiger partial charge in [0.25, 0.3) is 0 Å². The first-order valence-corrected chi connectivity index (χ1v) is 8.56. The van der Waals surface area contributed by atoms with E-state index < -0.39 is 5.54 Å². The number of carbonyl (C=O) groups excluding carboxylic acids is 1. The van der Waals surface area contributed by atoms with Crippen LogP contribution in [0.25, 0.3) is 0 Å². The Kier molecular flexibility index (Phi) is 4.26. The van der Waals surface area contributed by atoms with Crippen LogP contribution in [0.5, 0.6) is 0 Å². The molecule has 3 fully saturated rings. The Balaban J connectivity index is 1.57. The highest BCUT2D eigenvalue weighted by atomic mass is 16.1. The second-order valence-electron chi connectivity index (χ2n) is 7.43. The lowest BCUT2D eigenvalue weighted by molar-refractivity contribution is -0.124. The SMILES string of the molecule is CC(C)N1CCN(C2CCC(NC3CC3)(C(N)=O)C2)CC1. The molecule has 2 unspecified atom stereocenters. The van der Waals surface area contributed by atoms with E-state index in [1.165, 1.54) is 12.8 Å². The highest BCUT2D eigenvalue weighted by Crippen LogP contribution is 2.36. The number of hydrogen-bond donors (Lipinski definition) is 2. The van der Waals surface area contributed by atoms with Crippen LogP contribution < -0.4 is 11.1 Å². The van der Waals surface area contributed by atoms with Crippen molar-refractivity contribution >= 4 is 5.91 Å². The van der Waals surface area contributed by atoms with E-state index in [1.54, 1.807) is 0 Å². The van der Waals surface area contributed by atoms with Gasteiger partial charge in [-0.2, -0.15) is 0 Å². The van der Waals surface area contributed by atoms with Gasteiger partial charge in [0.15, 0.2) is 0 Å². The minimum absolute atomic E-state index is 0.141. The van der Waals surface area contributed by atoms with Crippen molar-refractivity contribution in [2.24, 2.45) is 5.73 Å². The third kappa shape index (κ3) is 3.25. The molecule has 5 nitrogen and oxygen atoms in total. The van der Waals surface area contributed by atoms with Crippen LogP contribution in [-0.2, 0) is 4.79 Å². The molecule has 0 radical (unpaired) electrons. The molecule has 0 spiro atoms. The molecular formula is C16H30N4O. The average molecular weight is 294 g/mol. The van der Waals surface area contributed by atoms with Crippen molar-refractivity contribution < 1.29 is 4.79 Å². The van der Waals surface area contributed by atoms with E-state index in [-0.39, 0.29) is 5.91 Å². The molecule has 5 heteroatoms. The first-order chi connectivity index (χ1) is 10.00. The van der Waals surface area contributed by atoms with E-state index in [4.69, 9.17) is 5.73 Å². The van der Waals surface area contributed by atoms with Gasteiger partial charge in [0.2, 0.25) is 5.91 Å². The lowest BCUT2D eigenvalue weighted by atomic mass is 9.95. The molecule has 0 aromatic carbocycles. The maximum absolute atomic E-state index is 12.0. The van der Waals surface area contributed by atoms with Crippen molar-refractivity contribution in [2.75, 3.05) is 26.2 Å². The first kappa shape index (κ1) is 15.3. The quantitative estimate of drug-likeness (QED) is 0.777. The molecule has 1 amide bonds. The molecule has 0 aromatic heterocycles. The van der Waals surface area contributed by atoms with Crippen molar-refractivity contribution in [3.63, 3.8) is 0 Å². The lowest BCUT2D eigenvalue weighted by Crippen LogP contribution is -2.56. The van der Waals surface area contributed by atoms with Crippen LogP contribution in [0.15, 0.2) is 0 Å². The molecule has 3 aliphatic rings. The van der Waals surface area contributed by atoms with Crippen molar-refractivity contribution in [3.8, 4) is 0 Å². The number of rotatable bonds is 5. The molecule has 21 heavy (non-hydrogen) atoms. The van der Waals surface area contributed by atoms with Gasteiger partial charge in [-0.05, 0) is 46.0 Å². The highest BCUT2D eigenvalue weighted by Gasteiger charge is 2.48. The first-order valence-electron chi connectivity index (χ1n) is 8.56. The minimum atomic E-state index is -0.430. The van der Waals surface area contributed by atoms with Crippen LogP contribution in [0.2, 0.25) is 0 Å². The summed E-state index contributed by atoms with van der Waals surface area (Å²) in [6, 6.07) is 1.70. The molecule has 1 heterocycles. The zero-order chi connectivity index (χ0) is 15.0. The second-order valence-corrected chi connectivity index (χ2v) is 7.43. The third-order valence-electron chi connectivity index (χ3n) is 5.61. The van der Waals surface area contributed by atoms with Gasteiger partial charge >= 0.3 is 0 Å². The largest absolute Gasteiger partial charge is 0.368 e. The Morgan fingerprint density at radius 2 is 1.86 bits per heavy atom. The van der Waals surface area contributed by atoms with Crippen LogP contribution in [0.4, 0.5) is 0 Å². The van der Waals surface area contributed by atoms with E-state index in [1.807, 2.05) is 0 Å². The van der Waals surface area contributed by atoms with E-state index in [9.17, 15) is 4.79 Å². The highest BCUT2D eigenvalue weighted by molar-refractivity contribution is 5.85. The molecule has 3 N–H and O–H groups in total. The lowest BCUT2D eigenvalue weighted by Gasteiger charge is -2.40. The summed E-state index contributed by atoms with van der Waals surface area (Å²) >= 11 is 0. The number of primary amides is 1. The average Bonchev–Trinajstić information content (AvgIpc) is 3.15. The van der Waals surface area contributed by atoms with E-state index in [0.717, 1.165) is 45.4 Å². The van der Waals surface area contributed by atoms with Crippen molar-refractivity contribution in [3.05, 3.63) is 0 Å². The number of nitrogens with one attached hydrogen (secondary N) is 1. The van der Waals surface area contributed by atoms with Gasteiger partial charge in [-0.15, -0.1) is 0 Å². The zero-order valence-corrected chi connectivity index (χ0v) is 13.5. The van der Waals surface area contributed by atoms with Gasteiger partial charge in [0.1, 0.15) is 0 Å². The molecule has 0 aromatic rings. The molecule has 1 saturated heterocycles. The molecule has 2 atom stereocenters. The Hall–Kier alpha value is -0.650. The number of piperazine rings is 1. The Bertz CT molecular complexity index is 388. The minimum Gasteiger partial charge on any atom is -0.368 e. The van der Waals surface area contributed by atoms with Crippen molar-refractivity contribution in [1.29, 1.82) is 0 Å². The molecule has 0 bridgehead atoms. The van der Waals surface area contributed by atoms with E-state index >= 15 is 0 Å². The summed E-state index contributed by atoms with van der Waals surface area (Å²) in [5.74, 6) is -0.141. The van der Waals surface area contributed by atoms with Crippen LogP contribution >= 0.6 is 0 Å². The Morgan fingerprint density at radius 3 is 2.38 bits per heavy atom. The van der Waals surface area contributed by atoms with Gasteiger partial charge in [-0.3, -0.25) is 14.6 Å². The fourth-order valence-corrected chi connectivity index (χ4v) is 3.99. The number of amides is 1. The summed E-state index contributed by atoms with van der Waals surface area (Å²) in [6.45, 7) is 9.08. The van der Waals surface area contributed by atoms with Crippen LogP contribution in [0.1, 0.15) is 46.0 Å². The molecule has 2 saturated carbocycles. The second kappa shape index (κ2) is 5.86. The normalized spacial score (nSPS) is 35.5. The van der Waals surface area contributed by atoms with Crippen LogP contribution in [-0.4, -0.2) is 65.6 Å². The summed E-state index contributed by atoms with van der Waals surface area (Å²) in [4.78, 5) is 17.1. The molecule has 1 aliphatic heterocycles. The monoisotopic (exact) mass is 294 g/mol. The Labute approximate surface area is 128 Å². The topological polar surface area (TPSA) is 61.6 Å². The smallest absolute Gasteiger partial charge is 0.237 e. The summed E-state index contributed by atoms with van der Waals surface area (Å²) < 4.78 is 0. The predicted molar refractivity (Wildman–Crippen MR) is 84.0 cm³/mol. The molecular weight excluding hydrogens is 264 g/mol. The standard InChI is InChI=1S/C16H30N4O/c1-12(2)19-7-9-20(10-8-19)14-5-6-16(11-14,15(17)21)18-13-3-4-13/h12-14,18H,3-11H2,1-2H3,(H2,17,21). The summed E-state index contributed by atoms with van der Waals surface area (Å²) in [6.07, 6.45) is 5.32. The van der Waals surface area contributed by atoms with Gasteiger partial charge in [-0.25, -0.2) is 0 Å². The predicted octanol–water partition coefficient (Wildman–Crippen LogP) is 0.541. The van der Waals surface area contributed by atoms with Crippen molar-refractivity contribution in [2.45, 2.75) is 69.6 Å². The van der Waals surface area contributed by atoms with Gasteiger partial charge in [-0.1, -0.05) is 0 Å². The third-order valence-corrected chi connectivity index (χ3v) is 5.61. The maximum Gasteiger partial charge on any atom is 0.237 e. The zero-order valence-electron chi connectivity index (χ0n) is 13.5. The number of nitrogens with zero attached hydrogens (tertiary/aromatic N) is 2. The van der Waals surface area contributed by atoms with Crippen LogP contribution in [0.3, 0.4) is 0 Å². The van der Waals surface area contributed by atoms with Gasteiger partial charge in [0, 0.05) is 44.3 Å². The fraction of sp³-hybridized carbons (Fsp3) is 0.938. The maximum atomic E-state index is 12.0. The van der Waals surface area contributed by atoms with Crippen LogP contribution in [0, 0.1) is 0 Å². The molecule has 2 aliphatic carbocycles. The molecule has 3 rings (SSSR count). The fourth-order valence-electron chi connectivity index (χ4n) is 3.99. The van der Waals surface area contributed by atoms with Crippen molar-refractivity contribution in [1.82, 2.24) is 15.1 Å². The van der Waals surface area contributed by atoms with E-state index in [2.05, 4.69) is 29.0 Å². The van der Waals surface area contributed by atoms with E-state index in [0.29, 0.717) is 18.1 Å². The molecule has 120 valence electrons. The Morgan fingerprint density at radius 1 is 1.19 bits per heavy atom. The number of carbonyl (C=O) groups is 1. The summed E-state index contributed by atoms with van der Waals surface area (Å²) in [5.41, 5.74) is 5.30. The number of hydrogen-bond acceptors (Lipinski definition) is 4. The summed E-state index contributed by atoms with van der Waals surface area (Å²) in [5, 5.41) is 3.55. The summed E-state index contributed by atoms with van der Waals surface area (Å²) in [7, 11) is 0. The van der Waals surface area contributed by atoms with Gasteiger partial charge < -0.3 is 11.1 Å². The van der Waals surface area contributed by atoms with Gasteiger partial charge in [0.05, 0.1) is 5.54 Å². The number of nitrogens with two attached hydrogens (primary N) is 1.